The largest absolute Gasteiger partial charge is 0.504 e. The van der Waals surface area contributed by atoms with Gasteiger partial charge < -0.3 is 30.3 Å². The molecule has 0 aliphatic carbocycles. The number of benzene rings is 1. The summed E-state index contributed by atoms with van der Waals surface area (Å²) in [7, 11) is -2.67. The molecule has 132 valence electrons. The maximum atomic E-state index is 11.8. The number of nitrogens with zero attached hydrogens (tertiary/aromatic N) is 1. The molecule has 0 saturated carbocycles. The maximum Gasteiger partial charge on any atom is 0.251 e. The first-order valence-electron chi connectivity index (χ1n) is 8.48. The van der Waals surface area contributed by atoms with E-state index in [0.29, 0.717) is 0 Å². The van der Waals surface area contributed by atoms with Crippen LogP contribution in [0.15, 0.2) is 36.4 Å². The van der Waals surface area contributed by atoms with E-state index in [1.54, 1.807) is 0 Å². The van der Waals surface area contributed by atoms with Crippen LogP contribution in [-0.2, 0) is 14.3 Å². The molecule has 2 rings (SSSR count). The molecule has 0 aliphatic rings. The lowest BCUT2D eigenvalue weighted by Gasteiger charge is -2.08. The first-order valence-corrected chi connectivity index (χ1v) is 6.98. The zero-order valence-corrected chi connectivity index (χ0v) is 12.9. The van der Waals surface area contributed by atoms with Gasteiger partial charge in [0.2, 0.25) is 11.8 Å². The van der Waals surface area contributed by atoms with Crippen LogP contribution in [-0.4, -0.2) is 47.3 Å². The number of anilines is 2. The lowest BCUT2D eigenvalue weighted by atomic mass is 10.3. The summed E-state index contributed by atoms with van der Waals surface area (Å²) < 4.78 is 30.7. The summed E-state index contributed by atoms with van der Waals surface area (Å²) in [5.74, 6) is -2.05. The molecule has 2 aromatic rings. The number of carbonyl (C=O) groups is 2. The Labute approximate surface area is 147 Å². The molecule has 0 saturated heterocycles. The first kappa shape index (κ1) is 14.1. The topological polar surface area (TPSA) is 130 Å². The fraction of sp³-hybridized carbons (Fsp3) is 0.188. The van der Waals surface area contributed by atoms with Crippen molar-refractivity contribution in [2.45, 2.75) is 0 Å². The number of aromatic nitrogens is 1. The molecule has 4 N–H and O–H groups in total. The number of methoxy groups -OCH3 is 1. The average Bonchev–Trinajstić information content (AvgIpc) is 2.57. The van der Waals surface area contributed by atoms with Gasteiger partial charge in [0.25, 0.3) is 5.91 Å². The van der Waals surface area contributed by atoms with Crippen molar-refractivity contribution in [1.29, 1.82) is 0 Å². The van der Waals surface area contributed by atoms with Crippen molar-refractivity contribution in [2.24, 2.45) is 0 Å². The summed E-state index contributed by atoms with van der Waals surface area (Å²) in [6, 6.07) is 7.93. The summed E-state index contributed by atoms with van der Waals surface area (Å²) in [5, 5.41) is 23.3. The van der Waals surface area contributed by atoms with Gasteiger partial charge in [-0.05, 0) is 18.2 Å². The molecule has 2 amide bonds. The highest BCUT2D eigenvalue weighted by Crippen LogP contribution is 2.27. The number of hydrogen-bond acceptors (Lipinski definition) is 7. The van der Waals surface area contributed by atoms with Crippen LogP contribution in [0.5, 0.6) is 17.4 Å². The second kappa shape index (κ2) is 8.50. The molecule has 0 fully saturated rings. The molecule has 0 bridgehead atoms. The molecule has 25 heavy (non-hydrogen) atoms. The molecular weight excluding hydrogens is 330 g/mol. The Morgan fingerprint density at radius 1 is 1.12 bits per heavy atom. The van der Waals surface area contributed by atoms with Crippen molar-refractivity contribution in [1.82, 2.24) is 4.98 Å². The lowest BCUT2D eigenvalue weighted by molar-refractivity contribution is -0.125. The number of phenolic OH excluding ortho intramolecular Hbond substituents is 2. The van der Waals surface area contributed by atoms with E-state index >= 15 is 0 Å². The predicted molar refractivity (Wildman–Crippen MR) is 88.6 cm³/mol. The minimum Gasteiger partial charge on any atom is -0.504 e. The minimum atomic E-state index is -2.67. The second-order valence-corrected chi connectivity index (χ2v) is 4.76. The Kier molecular flexibility index (Phi) is 4.78. The van der Waals surface area contributed by atoms with Crippen molar-refractivity contribution in [2.75, 3.05) is 30.9 Å². The number of amides is 2. The Balaban J connectivity index is 1.77. The maximum absolute atomic E-state index is 11.8. The van der Waals surface area contributed by atoms with Crippen LogP contribution in [0.3, 0.4) is 0 Å². The summed E-state index contributed by atoms with van der Waals surface area (Å²) in [5.41, 5.74) is 0.239. The molecular formula is C16H17N3O6. The normalized spacial score (nSPS) is 12.4. The molecule has 9 heteroatoms. The number of nitrogens with one attached hydrogen (secondary N) is 2. The number of carbonyl (C=O) groups excluding carboxylic acids is 2. The van der Waals surface area contributed by atoms with Gasteiger partial charge in [-0.1, -0.05) is 6.07 Å². The second-order valence-electron chi connectivity index (χ2n) is 4.76. The van der Waals surface area contributed by atoms with Crippen LogP contribution in [0.25, 0.3) is 0 Å². The average molecular weight is 350 g/mol. The standard InChI is InChI=1S/C16H17N3O6/c1-24-16-4-2-3-13(19-16)18-15(23)9-25-8-14(22)17-10-5-6-11(20)12(21)7-10/h2-7,20-21H,8-9H2,1H3,(H,17,22)(H,18,19,23)/i1D3. The third-order valence-corrected chi connectivity index (χ3v) is 2.82. The molecule has 1 aromatic carbocycles. The molecule has 0 unspecified atom stereocenters. The Hall–Kier alpha value is -3.33. The van der Waals surface area contributed by atoms with E-state index in [4.69, 9.17) is 8.85 Å². The van der Waals surface area contributed by atoms with E-state index in [1.165, 1.54) is 30.3 Å². The van der Waals surface area contributed by atoms with E-state index in [0.717, 1.165) is 6.07 Å². The van der Waals surface area contributed by atoms with Crippen molar-refractivity contribution >= 4 is 23.3 Å². The Bertz CT molecular complexity index is 860. The van der Waals surface area contributed by atoms with Crippen LogP contribution < -0.4 is 15.4 Å². The van der Waals surface area contributed by atoms with Gasteiger partial charge in [-0.15, -0.1) is 0 Å². The highest BCUT2D eigenvalue weighted by Gasteiger charge is 2.08. The van der Waals surface area contributed by atoms with E-state index in [9.17, 15) is 19.8 Å². The number of phenols is 2. The Morgan fingerprint density at radius 2 is 1.88 bits per heavy atom. The highest BCUT2D eigenvalue weighted by atomic mass is 16.5. The number of rotatable bonds is 7. The van der Waals surface area contributed by atoms with Crippen LogP contribution in [0.1, 0.15) is 4.11 Å². The van der Waals surface area contributed by atoms with Crippen molar-refractivity contribution < 1.29 is 33.4 Å². The van der Waals surface area contributed by atoms with E-state index in [-0.39, 0.29) is 23.1 Å². The molecule has 0 aliphatic heterocycles. The smallest absolute Gasteiger partial charge is 0.251 e. The molecule has 0 atom stereocenters. The van der Waals surface area contributed by atoms with Crippen molar-refractivity contribution in [3.8, 4) is 17.4 Å². The van der Waals surface area contributed by atoms with Gasteiger partial charge >= 0.3 is 0 Å². The van der Waals surface area contributed by atoms with Gasteiger partial charge in [-0.3, -0.25) is 9.59 Å². The highest BCUT2D eigenvalue weighted by molar-refractivity contribution is 5.93. The van der Waals surface area contributed by atoms with Crippen LogP contribution in [0, 0.1) is 0 Å². The van der Waals surface area contributed by atoms with Gasteiger partial charge in [0, 0.05) is 17.8 Å². The van der Waals surface area contributed by atoms with E-state index in [1.807, 2.05) is 0 Å². The zero-order chi connectivity index (χ0) is 20.7. The summed E-state index contributed by atoms with van der Waals surface area (Å²) in [4.78, 5) is 27.4. The summed E-state index contributed by atoms with van der Waals surface area (Å²) in [6.07, 6.45) is 0. The zero-order valence-electron chi connectivity index (χ0n) is 15.9. The first-order chi connectivity index (χ1) is 13.1. The van der Waals surface area contributed by atoms with Crippen LogP contribution in [0.4, 0.5) is 11.5 Å². The van der Waals surface area contributed by atoms with Gasteiger partial charge in [0.15, 0.2) is 11.5 Å². The number of pyridine rings is 1. The summed E-state index contributed by atoms with van der Waals surface area (Å²) >= 11 is 0. The van der Waals surface area contributed by atoms with E-state index in [2.05, 4.69) is 20.4 Å². The monoisotopic (exact) mass is 350 g/mol. The third-order valence-electron chi connectivity index (χ3n) is 2.82. The molecule has 0 spiro atoms. The number of hydrogen-bond donors (Lipinski definition) is 4. The van der Waals surface area contributed by atoms with Crippen LogP contribution in [0.2, 0.25) is 0 Å². The van der Waals surface area contributed by atoms with Crippen LogP contribution >= 0.6 is 0 Å². The molecule has 0 radical (unpaired) electrons. The van der Waals surface area contributed by atoms with E-state index < -0.39 is 37.8 Å². The van der Waals surface area contributed by atoms with Gasteiger partial charge in [-0.25, -0.2) is 0 Å². The molecule has 9 nitrogen and oxygen atoms in total. The van der Waals surface area contributed by atoms with Gasteiger partial charge in [0.05, 0.1) is 11.2 Å². The lowest BCUT2D eigenvalue weighted by Crippen LogP contribution is -2.24. The number of ether oxygens (including phenoxy) is 2. The Morgan fingerprint density at radius 3 is 2.60 bits per heavy atom. The number of aromatic hydroxyl groups is 2. The van der Waals surface area contributed by atoms with Crippen molar-refractivity contribution in [3.05, 3.63) is 36.4 Å². The quantitative estimate of drug-likeness (QED) is 0.434. The SMILES string of the molecule is [2H]C([2H])([2H])Oc1cccc(NC(=O)COCC(=O)Nc2ccc(O)c(O)c2)n1. The predicted octanol–water partition coefficient (Wildman–Crippen LogP) is 1.10. The summed E-state index contributed by atoms with van der Waals surface area (Å²) in [6.45, 7) is -0.898. The fourth-order valence-electron chi connectivity index (χ4n) is 1.75. The minimum absolute atomic E-state index is 0.0550. The fourth-order valence-corrected chi connectivity index (χ4v) is 1.75. The third kappa shape index (κ3) is 5.66. The molecule has 1 heterocycles. The molecule has 1 aromatic heterocycles. The van der Waals surface area contributed by atoms with Crippen molar-refractivity contribution in [3.63, 3.8) is 0 Å². The van der Waals surface area contributed by atoms with Gasteiger partial charge in [0.1, 0.15) is 19.0 Å². The van der Waals surface area contributed by atoms with Gasteiger partial charge in [-0.2, -0.15) is 4.98 Å².